The van der Waals surface area contributed by atoms with Gasteiger partial charge in [0, 0.05) is 19.0 Å². The van der Waals surface area contributed by atoms with Crippen LogP contribution in [0, 0.1) is 13.8 Å². The number of aromatic nitrogens is 1. The molecule has 5 nitrogen and oxygen atoms in total. The molecule has 0 aliphatic heterocycles. The molecule has 0 atom stereocenters. The smallest absolute Gasteiger partial charge is 0.221 e. The van der Waals surface area contributed by atoms with Crippen LogP contribution in [0.2, 0.25) is 0 Å². The van der Waals surface area contributed by atoms with Gasteiger partial charge in [-0.2, -0.15) is 0 Å². The number of hydrogen-bond donors (Lipinski definition) is 2. The molecule has 1 amide bonds. The lowest BCUT2D eigenvalue weighted by Gasteiger charge is -2.03. The van der Waals surface area contributed by atoms with Crippen LogP contribution in [0.15, 0.2) is 4.42 Å². The SMILES string of the molecule is Cc1nc(CNC(=O)CCNC2CC2)oc1C. The van der Waals surface area contributed by atoms with E-state index in [4.69, 9.17) is 4.42 Å². The number of aryl methyl sites for hydroxylation is 2. The van der Waals surface area contributed by atoms with Crippen LogP contribution in [0.1, 0.15) is 36.6 Å². The van der Waals surface area contributed by atoms with Crippen LogP contribution < -0.4 is 10.6 Å². The first kappa shape index (κ1) is 12.1. The molecule has 17 heavy (non-hydrogen) atoms. The van der Waals surface area contributed by atoms with Gasteiger partial charge in [-0.3, -0.25) is 4.79 Å². The highest BCUT2D eigenvalue weighted by Crippen LogP contribution is 2.18. The van der Waals surface area contributed by atoms with Crippen LogP contribution in [0.5, 0.6) is 0 Å². The Hall–Kier alpha value is -1.36. The van der Waals surface area contributed by atoms with Gasteiger partial charge in [0.2, 0.25) is 11.8 Å². The van der Waals surface area contributed by atoms with E-state index in [1.165, 1.54) is 12.8 Å². The zero-order valence-corrected chi connectivity index (χ0v) is 10.4. The van der Waals surface area contributed by atoms with E-state index in [9.17, 15) is 4.79 Å². The van der Waals surface area contributed by atoms with Crippen LogP contribution in [-0.4, -0.2) is 23.5 Å². The Labute approximate surface area is 101 Å². The van der Waals surface area contributed by atoms with Gasteiger partial charge in [0.15, 0.2) is 0 Å². The van der Waals surface area contributed by atoms with Gasteiger partial charge in [0.1, 0.15) is 5.76 Å². The molecule has 5 heteroatoms. The van der Waals surface area contributed by atoms with Gasteiger partial charge in [-0.1, -0.05) is 0 Å². The molecule has 0 bridgehead atoms. The average Bonchev–Trinajstić information content (AvgIpc) is 3.04. The molecule has 1 aliphatic rings. The fraction of sp³-hybridized carbons (Fsp3) is 0.667. The van der Waals surface area contributed by atoms with Crippen LogP contribution in [0.25, 0.3) is 0 Å². The molecular formula is C12H19N3O2. The zero-order valence-electron chi connectivity index (χ0n) is 10.4. The molecule has 2 N–H and O–H groups in total. The summed E-state index contributed by atoms with van der Waals surface area (Å²) in [6.45, 7) is 4.88. The van der Waals surface area contributed by atoms with Gasteiger partial charge >= 0.3 is 0 Å². The van der Waals surface area contributed by atoms with Crippen molar-refractivity contribution < 1.29 is 9.21 Å². The second kappa shape index (κ2) is 5.31. The summed E-state index contributed by atoms with van der Waals surface area (Å²) in [5.41, 5.74) is 0.879. The highest BCUT2D eigenvalue weighted by molar-refractivity contribution is 5.75. The first-order valence-corrected chi connectivity index (χ1v) is 6.08. The van der Waals surface area contributed by atoms with Gasteiger partial charge < -0.3 is 15.1 Å². The van der Waals surface area contributed by atoms with Crippen molar-refractivity contribution in [2.75, 3.05) is 6.54 Å². The average molecular weight is 237 g/mol. The van der Waals surface area contributed by atoms with Crippen molar-refractivity contribution in [1.29, 1.82) is 0 Å². The van der Waals surface area contributed by atoms with E-state index in [-0.39, 0.29) is 5.91 Å². The lowest BCUT2D eigenvalue weighted by atomic mass is 10.4. The van der Waals surface area contributed by atoms with Crippen molar-refractivity contribution in [2.45, 2.75) is 45.7 Å². The second-order valence-corrected chi connectivity index (χ2v) is 4.50. The van der Waals surface area contributed by atoms with Crippen molar-refractivity contribution in [1.82, 2.24) is 15.6 Å². The lowest BCUT2D eigenvalue weighted by Crippen LogP contribution is -2.28. The molecule has 1 fully saturated rings. The van der Waals surface area contributed by atoms with Gasteiger partial charge in [-0.25, -0.2) is 4.98 Å². The number of nitrogens with one attached hydrogen (secondary N) is 2. The van der Waals surface area contributed by atoms with E-state index >= 15 is 0 Å². The summed E-state index contributed by atoms with van der Waals surface area (Å²) in [4.78, 5) is 15.7. The standard InChI is InChI=1S/C12H19N3O2/c1-8-9(2)17-12(15-8)7-14-11(16)5-6-13-10-3-4-10/h10,13H,3-7H2,1-2H3,(H,14,16). The number of carbonyl (C=O) groups is 1. The van der Waals surface area contributed by atoms with Crippen molar-refractivity contribution in [3.63, 3.8) is 0 Å². The molecule has 0 radical (unpaired) electrons. The van der Waals surface area contributed by atoms with E-state index in [0.29, 0.717) is 24.9 Å². The quantitative estimate of drug-likeness (QED) is 0.776. The maximum atomic E-state index is 11.5. The minimum atomic E-state index is 0.0339. The Morgan fingerprint density at radius 2 is 2.24 bits per heavy atom. The minimum absolute atomic E-state index is 0.0339. The highest BCUT2D eigenvalue weighted by Gasteiger charge is 2.20. The number of rotatable bonds is 6. The molecular weight excluding hydrogens is 218 g/mol. The fourth-order valence-corrected chi connectivity index (χ4v) is 1.55. The maximum Gasteiger partial charge on any atom is 0.221 e. The van der Waals surface area contributed by atoms with Crippen molar-refractivity contribution in [3.05, 3.63) is 17.3 Å². The summed E-state index contributed by atoms with van der Waals surface area (Å²) in [6, 6.07) is 0.653. The topological polar surface area (TPSA) is 67.2 Å². The van der Waals surface area contributed by atoms with Crippen molar-refractivity contribution >= 4 is 5.91 Å². The molecule has 94 valence electrons. The molecule has 1 aromatic heterocycles. The Morgan fingerprint density at radius 3 is 2.82 bits per heavy atom. The van der Waals surface area contributed by atoms with Gasteiger partial charge in [-0.05, 0) is 26.7 Å². The van der Waals surface area contributed by atoms with Crippen LogP contribution in [0.3, 0.4) is 0 Å². The first-order chi connectivity index (χ1) is 8.15. The molecule has 1 saturated carbocycles. The van der Waals surface area contributed by atoms with E-state index in [1.54, 1.807) is 0 Å². The van der Waals surface area contributed by atoms with E-state index in [0.717, 1.165) is 18.0 Å². The van der Waals surface area contributed by atoms with Crippen LogP contribution in [-0.2, 0) is 11.3 Å². The Morgan fingerprint density at radius 1 is 1.47 bits per heavy atom. The van der Waals surface area contributed by atoms with Crippen LogP contribution in [0.4, 0.5) is 0 Å². The largest absolute Gasteiger partial charge is 0.444 e. The normalized spacial score (nSPS) is 14.9. The minimum Gasteiger partial charge on any atom is -0.444 e. The summed E-state index contributed by atoms with van der Waals surface area (Å²) in [5.74, 6) is 1.42. The highest BCUT2D eigenvalue weighted by atomic mass is 16.4. The Kier molecular flexibility index (Phi) is 3.78. The second-order valence-electron chi connectivity index (χ2n) is 4.50. The molecule has 0 spiro atoms. The predicted octanol–water partition coefficient (Wildman–Crippen LogP) is 1.05. The van der Waals surface area contributed by atoms with Crippen LogP contribution >= 0.6 is 0 Å². The summed E-state index contributed by atoms with van der Waals surface area (Å²) < 4.78 is 5.38. The maximum absolute atomic E-state index is 11.5. The predicted molar refractivity (Wildman–Crippen MR) is 63.5 cm³/mol. The van der Waals surface area contributed by atoms with E-state index < -0.39 is 0 Å². The fourth-order valence-electron chi connectivity index (χ4n) is 1.55. The summed E-state index contributed by atoms with van der Waals surface area (Å²) >= 11 is 0. The molecule has 2 rings (SSSR count). The molecule has 0 saturated heterocycles. The molecule has 1 heterocycles. The summed E-state index contributed by atoms with van der Waals surface area (Å²) in [5, 5.41) is 6.10. The monoisotopic (exact) mass is 237 g/mol. The van der Waals surface area contributed by atoms with Gasteiger partial charge in [0.05, 0.1) is 12.2 Å². The zero-order chi connectivity index (χ0) is 12.3. The number of carbonyl (C=O) groups excluding carboxylic acids is 1. The molecule has 0 aromatic carbocycles. The van der Waals surface area contributed by atoms with Crippen molar-refractivity contribution in [2.24, 2.45) is 0 Å². The van der Waals surface area contributed by atoms with Gasteiger partial charge in [0.25, 0.3) is 0 Å². The third kappa shape index (κ3) is 3.85. The third-order valence-corrected chi connectivity index (χ3v) is 2.87. The number of hydrogen-bond acceptors (Lipinski definition) is 4. The number of amides is 1. The van der Waals surface area contributed by atoms with E-state index in [1.807, 2.05) is 13.8 Å². The van der Waals surface area contributed by atoms with E-state index in [2.05, 4.69) is 15.6 Å². The third-order valence-electron chi connectivity index (χ3n) is 2.87. The summed E-state index contributed by atoms with van der Waals surface area (Å²) in [6.07, 6.45) is 3.00. The Balaban J connectivity index is 1.64. The number of oxazole rings is 1. The molecule has 0 unspecified atom stereocenters. The van der Waals surface area contributed by atoms with Gasteiger partial charge in [-0.15, -0.1) is 0 Å². The van der Waals surface area contributed by atoms with Crippen molar-refractivity contribution in [3.8, 4) is 0 Å². The number of nitrogens with zero attached hydrogens (tertiary/aromatic N) is 1. The first-order valence-electron chi connectivity index (χ1n) is 6.08. The lowest BCUT2D eigenvalue weighted by molar-refractivity contribution is -0.121. The molecule has 1 aliphatic carbocycles. The molecule has 1 aromatic rings. The Bertz CT molecular complexity index is 377. The summed E-state index contributed by atoms with van der Waals surface area (Å²) in [7, 11) is 0.